The molecule has 1 amide bonds. The molecule has 13 heavy (non-hydrogen) atoms. The molecular formula is C6H8F2N4O. The number of amides is 1. The van der Waals surface area contributed by atoms with E-state index in [-0.39, 0.29) is 10.5 Å². The molecule has 1 rings (SSSR count). The van der Waals surface area contributed by atoms with Gasteiger partial charge >= 0.3 is 12.0 Å². The first-order valence-corrected chi connectivity index (χ1v) is 3.40. The van der Waals surface area contributed by atoms with Gasteiger partial charge in [-0.05, 0) is 0 Å². The van der Waals surface area contributed by atoms with Gasteiger partial charge in [0.1, 0.15) is 5.82 Å². The van der Waals surface area contributed by atoms with Crippen molar-refractivity contribution in [3.8, 4) is 0 Å². The summed E-state index contributed by atoms with van der Waals surface area (Å²) in [4.78, 5) is 10.7. The fourth-order valence-electron chi connectivity index (χ4n) is 0.749. The van der Waals surface area contributed by atoms with Crippen molar-refractivity contribution in [3.63, 3.8) is 0 Å². The summed E-state index contributed by atoms with van der Waals surface area (Å²) < 4.78 is 26.2. The van der Waals surface area contributed by atoms with Crippen molar-refractivity contribution in [2.75, 3.05) is 12.8 Å². The number of hydrogen-bond donors (Lipinski definition) is 2. The molecule has 0 bridgehead atoms. The summed E-state index contributed by atoms with van der Waals surface area (Å²) in [5, 5.41) is 5.06. The first-order chi connectivity index (χ1) is 5.98. The molecule has 0 fully saturated rings. The van der Waals surface area contributed by atoms with Gasteiger partial charge in [-0.1, -0.05) is 0 Å². The van der Waals surface area contributed by atoms with Gasteiger partial charge in [0.2, 0.25) is 0 Å². The number of likely N-dealkylation sites (N-methyl/N-ethyl adjacent to an activating group) is 1. The Kier molecular flexibility index (Phi) is 2.18. The molecule has 72 valence electrons. The maximum atomic E-state index is 13.0. The smallest absolute Gasteiger partial charge is 0.382 e. The molecule has 0 aliphatic carbocycles. The number of nitrogens with two attached hydrogens (primary N) is 1. The molecular weight excluding hydrogens is 182 g/mol. The Balaban J connectivity index is 2.99. The van der Waals surface area contributed by atoms with Crippen LogP contribution in [0.5, 0.6) is 0 Å². The number of halogens is 2. The number of rotatable bonds is 2. The van der Waals surface area contributed by atoms with Crippen molar-refractivity contribution < 1.29 is 13.6 Å². The Morgan fingerprint density at radius 3 is 2.77 bits per heavy atom. The molecule has 1 aromatic rings. The number of nitrogen functional groups attached to an aromatic ring is 1. The van der Waals surface area contributed by atoms with Gasteiger partial charge in [0, 0.05) is 19.3 Å². The second kappa shape index (κ2) is 3.00. The van der Waals surface area contributed by atoms with E-state index in [2.05, 4.69) is 5.10 Å². The van der Waals surface area contributed by atoms with Crippen LogP contribution in [-0.4, -0.2) is 22.7 Å². The number of alkyl halides is 2. The van der Waals surface area contributed by atoms with E-state index in [0.717, 1.165) is 13.2 Å². The summed E-state index contributed by atoms with van der Waals surface area (Å²) in [5.74, 6) is -1.50. The Hall–Kier alpha value is -1.66. The maximum Gasteiger partial charge on any atom is 0.422 e. The number of anilines is 1. The van der Waals surface area contributed by atoms with Crippen LogP contribution in [-0.2, 0) is 10.8 Å². The SMILES string of the molecule is CNC(=O)C(F)(F)n1ccc(N)n1. The lowest BCUT2D eigenvalue weighted by atomic mass is 10.5. The first kappa shape index (κ1) is 9.43. The topological polar surface area (TPSA) is 72.9 Å². The average molecular weight is 190 g/mol. The molecule has 0 aromatic carbocycles. The lowest BCUT2D eigenvalue weighted by Gasteiger charge is -2.13. The summed E-state index contributed by atoms with van der Waals surface area (Å²) in [7, 11) is 1.11. The van der Waals surface area contributed by atoms with Gasteiger partial charge in [0.15, 0.2) is 0 Å². The van der Waals surface area contributed by atoms with E-state index in [9.17, 15) is 13.6 Å². The van der Waals surface area contributed by atoms with Crippen molar-refractivity contribution in [1.29, 1.82) is 0 Å². The number of carbonyl (C=O) groups excluding carboxylic acids is 1. The van der Waals surface area contributed by atoms with Crippen LogP contribution < -0.4 is 11.1 Å². The number of hydrogen-bond acceptors (Lipinski definition) is 3. The van der Waals surface area contributed by atoms with Crippen molar-refractivity contribution in [1.82, 2.24) is 15.1 Å². The van der Waals surface area contributed by atoms with Crippen LogP contribution >= 0.6 is 0 Å². The number of nitrogens with one attached hydrogen (secondary N) is 1. The average Bonchev–Trinajstić information content (AvgIpc) is 2.50. The van der Waals surface area contributed by atoms with Gasteiger partial charge in [-0.15, -0.1) is 0 Å². The predicted molar refractivity (Wildman–Crippen MR) is 40.9 cm³/mol. The molecule has 1 heterocycles. The minimum Gasteiger partial charge on any atom is -0.382 e. The second-order valence-corrected chi connectivity index (χ2v) is 2.31. The van der Waals surface area contributed by atoms with Crippen molar-refractivity contribution in [2.24, 2.45) is 0 Å². The molecule has 3 N–H and O–H groups in total. The second-order valence-electron chi connectivity index (χ2n) is 2.31. The fraction of sp³-hybridized carbons (Fsp3) is 0.333. The van der Waals surface area contributed by atoms with Crippen LogP contribution in [0.2, 0.25) is 0 Å². The molecule has 0 saturated heterocycles. The van der Waals surface area contributed by atoms with E-state index in [1.807, 2.05) is 5.32 Å². The van der Waals surface area contributed by atoms with Crippen LogP contribution in [0.1, 0.15) is 0 Å². The van der Waals surface area contributed by atoms with Gasteiger partial charge < -0.3 is 11.1 Å². The van der Waals surface area contributed by atoms with E-state index in [1.54, 1.807) is 0 Å². The lowest BCUT2D eigenvalue weighted by Crippen LogP contribution is -2.41. The van der Waals surface area contributed by atoms with E-state index in [4.69, 9.17) is 5.73 Å². The predicted octanol–water partition coefficient (Wildman–Crippen LogP) is -0.239. The standard InChI is InChI=1S/C6H8F2N4O/c1-10-5(13)6(7,8)12-3-2-4(9)11-12/h2-3H,1H3,(H2,9,11)(H,10,13). The summed E-state index contributed by atoms with van der Waals surface area (Å²) >= 11 is 0. The molecule has 0 radical (unpaired) electrons. The zero-order valence-electron chi connectivity index (χ0n) is 6.79. The van der Waals surface area contributed by atoms with Crippen LogP contribution in [0.4, 0.5) is 14.6 Å². The summed E-state index contributed by atoms with van der Waals surface area (Å²) in [6.07, 6.45) is 0.935. The zero-order chi connectivity index (χ0) is 10.1. The van der Waals surface area contributed by atoms with Crippen LogP contribution in [0.3, 0.4) is 0 Å². The molecule has 0 aliphatic heterocycles. The van der Waals surface area contributed by atoms with Crippen LogP contribution in [0.25, 0.3) is 0 Å². The highest BCUT2D eigenvalue weighted by molar-refractivity contribution is 5.80. The van der Waals surface area contributed by atoms with Crippen molar-refractivity contribution >= 4 is 11.7 Å². The number of aromatic nitrogens is 2. The molecule has 0 aliphatic rings. The van der Waals surface area contributed by atoms with Crippen molar-refractivity contribution in [2.45, 2.75) is 6.05 Å². The van der Waals surface area contributed by atoms with Crippen molar-refractivity contribution in [3.05, 3.63) is 12.3 Å². The van der Waals surface area contributed by atoms with Gasteiger partial charge in [-0.3, -0.25) is 4.79 Å². The Bertz CT molecular complexity index is 322. The highest BCUT2D eigenvalue weighted by atomic mass is 19.3. The normalized spacial score (nSPS) is 11.3. The monoisotopic (exact) mass is 190 g/mol. The minimum atomic E-state index is -3.70. The van der Waals surface area contributed by atoms with Gasteiger partial charge in [0.25, 0.3) is 0 Å². The van der Waals surface area contributed by atoms with E-state index in [0.29, 0.717) is 0 Å². The highest BCUT2D eigenvalue weighted by Gasteiger charge is 2.41. The molecule has 5 nitrogen and oxygen atoms in total. The summed E-state index contributed by atoms with van der Waals surface area (Å²) in [6, 6.07) is -2.52. The van der Waals surface area contributed by atoms with Gasteiger partial charge in [0.05, 0.1) is 0 Å². The molecule has 7 heteroatoms. The van der Waals surface area contributed by atoms with E-state index >= 15 is 0 Å². The molecule has 0 unspecified atom stereocenters. The van der Waals surface area contributed by atoms with Gasteiger partial charge in [-0.2, -0.15) is 18.6 Å². The quantitative estimate of drug-likeness (QED) is 0.676. The molecule has 0 atom stereocenters. The Morgan fingerprint density at radius 2 is 2.38 bits per heavy atom. The zero-order valence-corrected chi connectivity index (χ0v) is 6.79. The van der Waals surface area contributed by atoms with Crippen LogP contribution in [0, 0.1) is 0 Å². The highest BCUT2D eigenvalue weighted by Crippen LogP contribution is 2.20. The Labute approximate surface area is 72.5 Å². The largest absolute Gasteiger partial charge is 0.422 e. The summed E-state index contributed by atoms with van der Waals surface area (Å²) in [6.45, 7) is 0. The third-order valence-electron chi connectivity index (χ3n) is 1.40. The van der Waals surface area contributed by atoms with Crippen LogP contribution in [0.15, 0.2) is 12.3 Å². The third kappa shape index (κ3) is 1.58. The number of carbonyl (C=O) groups is 1. The molecule has 0 spiro atoms. The fourth-order valence-corrected chi connectivity index (χ4v) is 0.749. The third-order valence-corrected chi connectivity index (χ3v) is 1.40. The minimum absolute atomic E-state index is 0.0661. The summed E-state index contributed by atoms with van der Waals surface area (Å²) in [5.41, 5.74) is 5.12. The van der Waals surface area contributed by atoms with E-state index in [1.165, 1.54) is 6.07 Å². The Morgan fingerprint density at radius 1 is 1.77 bits per heavy atom. The van der Waals surface area contributed by atoms with Gasteiger partial charge in [-0.25, -0.2) is 0 Å². The lowest BCUT2D eigenvalue weighted by molar-refractivity contribution is -0.162. The number of nitrogens with zero attached hydrogens (tertiary/aromatic N) is 2. The van der Waals surface area contributed by atoms with E-state index < -0.39 is 12.0 Å². The molecule has 0 saturated carbocycles. The molecule has 1 aromatic heterocycles. The first-order valence-electron chi connectivity index (χ1n) is 3.40. The maximum absolute atomic E-state index is 13.0.